The average molecular weight is 250 g/mol. The van der Waals surface area contributed by atoms with Crippen molar-refractivity contribution in [3.63, 3.8) is 0 Å². The van der Waals surface area contributed by atoms with Crippen molar-refractivity contribution in [1.82, 2.24) is 4.90 Å². The number of methoxy groups -OCH3 is 1. The largest absolute Gasteiger partial charge is 0.497 e. The van der Waals surface area contributed by atoms with Crippen LogP contribution < -0.4 is 10.5 Å². The van der Waals surface area contributed by atoms with Gasteiger partial charge in [-0.1, -0.05) is 26.0 Å². The molecule has 1 aromatic carbocycles. The number of hydrogen-bond donors (Lipinski definition) is 1. The topological polar surface area (TPSA) is 38.5 Å². The molecule has 0 radical (unpaired) electrons. The van der Waals surface area contributed by atoms with Crippen LogP contribution in [-0.2, 0) is 5.54 Å². The van der Waals surface area contributed by atoms with Crippen LogP contribution in [0.5, 0.6) is 5.75 Å². The van der Waals surface area contributed by atoms with Gasteiger partial charge < -0.3 is 15.4 Å². The van der Waals surface area contributed by atoms with Crippen molar-refractivity contribution >= 4 is 0 Å². The van der Waals surface area contributed by atoms with Gasteiger partial charge in [-0.15, -0.1) is 0 Å². The highest BCUT2D eigenvalue weighted by atomic mass is 16.5. The molecule has 18 heavy (non-hydrogen) atoms. The number of likely N-dealkylation sites (N-methyl/N-ethyl adjacent to an activating group) is 1. The van der Waals surface area contributed by atoms with Crippen molar-refractivity contribution in [2.75, 3.05) is 21.2 Å². The molecule has 0 aliphatic rings. The molecule has 0 saturated carbocycles. The van der Waals surface area contributed by atoms with Crippen molar-refractivity contribution in [2.24, 2.45) is 5.73 Å². The molecular formula is C15H26N2O. The van der Waals surface area contributed by atoms with Crippen LogP contribution in [0.1, 0.15) is 32.3 Å². The van der Waals surface area contributed by atoms with Gasteiger partial charge in [0.25, 0.3) is 0 Å². The van der Waals surface area contributed by atoms with Gasteiger partial charge in [0, 0.05) is 6.04 Å². The Bertz CT molecular complexity index is 379. The second kappa shape index (κ2) is 6.21. The van der Waals surface area contributed by atoms with E-state index in [0.29, 0.717) is 6.04 Å². The van der Waals surface area contributed by atoms with Gasteiger partial charge in [-0.25, -0.2) is 0 Å². The van der Waals surface area contributed by atoms with Gasteiger partial charge in [0.15, 0.2) is 0 Å². The molecule has 2 N–H and O–H groups in total. The number of nitrogens with zero attached hydrogens (tertiary/aromatic N) is 1. The molecule has 0 aromatic heterocycles. The number of rotatable bonds is 6. The maximum absolute atomic E-state index is 6.70. The Morgan fingerprint density at radius 1 is 1.33 bits per heavy atom. The number of nitrogens with two attached hydrogens (primary N) is 1. The molecule has 3 nitrogen and oxygen atoms in total. The van der Waals surface area contributed by atoms with E-state index < -0.39 is 0 Å². The standard InChI is InChI=1S/C15H26N2O/c1-6-14(17(3)4)15(16,7-2)12-9-8-10-13(11-12)18-5/h8-11,14H,6-7,16H2,1-5H3. The first-order valence-electron chi connectivity index (χ1n) is 6.59. The van der Waals surface area contributed by atoms with Gasteiger partial charge in [0.1, 0.15) is 5.75 Å². The molecule has 3 heteroatoms. The summed E-state index contributed by atoms with van der Waals surface area (Å²) in [5.41, 5.74) is 7.50. The summed E-state index contributed by atoms with van der Waals surface area (Å²) < 4.78 is 5.30. The lowest BCUT2D eigenvalue weighted by Crippen LogP contribution is -2.53. The lowest BCUT2D eigenvalue weighted by Gasteiger charge is -2.41. The predicted molar refractivity (Wildman–Crippen MR) is 76.9 cm³/mol. The van der Waals surface area contributed by atoms with Gasteiger partial charge in [-0.05, 0) is 44.6 Å². The predicted octanol–water partition coefficient (Wildman–Crippen LogP) is 2.60. The first-order chi connectivity index (χ1) is 8.49. The van der Waals surface area contributed by atoms with Gasteiger partial charge in [0.05, 0.1) is 12.6 Å². The summed E-state index contributed by atoms with van der Waals surface area (Å²) in [5.74, 6) is 0.865. The van der Waals surface area contributed by atoms with Gasteiger partial charge in [0.2, 0.25) is 0 Å². The second-order valence-electron chi connectivity index (χ2n) is 5.01. The van der Waals surface area contributed by atoms with E-state index in [1.165, 1.54) is 0 Å². The van der Waals surface area contributed by atoms with E-state index in [1.807, 2.05) is 12.1 Å². The highest BCUT2D eigenvalue weighted by Gasteiger charge is 2.35. The Balaban J connectivity index is 3.20. The smallest absolute Gasteiger partial charge is 0.119 e. The van der Waals surface area contributed by atoms with Gasteiger partial charge in [-0.2, -0.15) is 0 Å². The molecule has 0 heterocycles. The molecule has 0 aliphatic heterocycles. The summed E-state index contributed by atoms with van der Waals surface area (Å²) in [7, 11) is 5.86. The minimum absolute atomic E-state index is 0.314. The zero-order chi connectivity index (χ0) is 13.8. The third-order valence-corrected chi connectivity index (χ3v) is 3.80. The van der Waals surface area contributed by atoms with E-state index in [2.05, 4.69) is 45.0 Å². The monoisotopic (exact) mass is 250 g/mol. The third kappa shape index (κ3) is 2.85. The van der Waals surface area contributed by atoms with Crippen molar-refractivity contribution in [3.05, 3.63) is 29.8 Å². The maximum Gasteiger partial charge on any atom is 0.119 e. The average Bonchev–Trinajstić information content (AvgIpc) is 2.38. The summed E-state index contributed by atoms with van der Waals surface area (Å²) in [5, 5.41) is 0. The molecule has 0 fully saturated rings. The molecular weight excluding hydrogens is 224 g/mol. The Morgan fingerprint density at radius 3 is 2.44 bits per heavy atom. The minimum Gasteiger partial charge on any atom is -0.497 e. The molecule has 2 unspecified atom stereocenters. The first-order valence-corrected chi connectivity index (χ1v) is 6.59. The fourth-order valence-electron chi connectivity index (χ4n) is 2.73. The van der Waals surface area contributed by atoms with Crippen molar-refractivity contribution in [3.8, 4) is 5.75 Å². The minimum atomic E-state index is -0.340. The number of hydrogen-bond acceptors (Lipinski definition) is 3. The van der Waals surface area contributed by atoms with E-state index >= 15 is 0 Å². The van der Waals surface area contributed by atoms with Crippen molar-refractivity contribution in [2.45, 2.75) is 38.3 Å². The SMILES string of the molecule is CCC(N(C)C)C(N)(CC)c1cccc(OC)c1. The van der Waals surface area contributed by atoms with E-state index in [1.54, 1.807) is 7.11 Å². The number of ether oxygens (including phenoxy) is 1. The number of benzene rings is 1. The van der Waals surface area contributed by atoms with Crippen LogP contribution in [0.15, 0.2) is 24.3 Å². The summed E-state index contributed by atoms with van der Waals surface area (Å²) in [6, 6.07) is 8.42. The van der Waals surface area contributed by atoms with E-state index in [0.717, 1.165) is 24.2 Å². The molecule has 0 spiro atoms. The van der Waals surface area contributed by atoms with E-state index in [4.69, 9.17) is 10.5 Å². The van der Waals surface area contributed by atoms with E-state index in [-0.39, 0.29) is 5.54 Å². The van der Waals surface area contributed by atoms with Crippen LogP contribution in [0.3, 0.4) is 0 Å². The lowest BCUT2D eigenvalue weighted by atomic mass is 9.79. The van der Waals surface area contributed by atoms with E-state index in [9.17, 15) is 0 Å². The Labute approximate surface area is 111 Å². The molecule has 0 aliphatic carbocycles. The molecule has 0 bridgehead atoms. The highest BCUT2D eigenvalue weighted by molar-refractivity contribution is 5.34. The molecule has 2 atom stereocenters. The molecule has 1 rings (SSSR count). The zero-order valence-electron chi connectivity index (χ0n) is 12.2. The fourth-order valence-corrected chi connectivity index (χ4v) is 2.73. The first kappa shape index (κ1) is 15.0. The van der Waals surface area contributed by atoms with Crippen LogP contribution in [-0.4, -0.2) is 32.1 Å². The lowest BCUT2D eigenvalue weighted by molar-refractivity contribution is 0.165. The molecule has 1 aromatic rings. The van der Waals surface area contributed by atoms with Crippen LogP contribution in [0.2, 0.25) is 0 Å². The summed E-state index contributed by atoms with van der Waals surface area (Å²) in [6.07, 6.45) is 1.92. The van der Waals surface area contributed by atoms with Crippen LogP contribution in [0.25, 0.3) is 0 Å². The van der Waals surface area contributed by atoms with Crippen molar-refractivity contribution in [1.29, 1.82) is 0 Å². The maximum atomic E-state index is 6.70. The fraction of sp³-hybridized carbons (Fsp3) is 0.600. The van der Waals surface area contributed by atoms with Crippen LogP contribution >= 0.6 is 0 Å². The quantitative estimate of drug-likeness (QED) is 0.843. The molecule has 0 amide bonds. The summed E-state index contributed by atoms with van der Waals surface area (Å²) >= 11 is 0. The van der Waals surface area contributed by atoms with Gasteiger partial charge >= 0.3 is 0 Å². The zero-order valence-corrected chi connectivity index (χ0v) is 12.2. The van der Waals surface area contributed by atoms with Crippen LogP contribution in [0.4, 0.5) is 0 Å². The van der Waals surface area contributed by atoms with Crippen molar-refractivity contribution < 1.29 is 4.74 Å². The molecule has 102 valence electrons. The Kier molecular flexibility index (Phi) is 5.17. The highest BCUT2D eigenvalue weighted by Crippen LogP contribution is 2.32. The van der Waals surface area contributed by atoms with Crippen LogP contribution in [0, 0.1) is 0 Å². The third-order valence-electron chi connectivity index (χ3n) is 3.80. The normalized spacial score (nSPS) is 16.4. The summed E-state index contributed by atoms with van der Waals surface area (Å²) in [4.78, 5) is 2.21. The summed E-state index contributed by atoms with van der Waals surface area (Å²) in [6.45, 7) is 4.33. The second-order valence-corrected chi connectivity index (χ2v) is 5.01. The Hall–Kier alpha value is -1.06. The van der Waals surface area contributed by atoms with Gasteiger partial charge in [-0.3, -0.25) is 0 Å². The Morgan fingerprint density at radius 2 is 2.00 bits per heavy atom. The molecule has 0 saturated heterocycles.